The van der Waals surface area contributed by atoms with Gasteiger partial charge in [0.05, 0.1) is 21.2 Å². The summed E-state index contributed by atoms with van der Waals surface area (Å²) in [4.78, 5) is 36.2. The van der Waals surface area contributed by atoms with E-state index in [9.17, 15) is 32.9 Å². The molecule has 0 radical (unpaired) electrons. The molecule has 2 amide bonds. The maximum absolute atomic E-state index is 13.7. The summed E-state index contributed by atoms with van der Waals surface area (Å²) >= 11 is 5.96. The molecule has 0 heterocycles. The van der Waals surface area contributed by atoms with Crippen molar-refractivity contribution in [2.24, 2.45) is 0 Å². The third-order valence-corrected chi connectivity index (χ3v) is 4.15. The zero-order valence-corrected chi connectivity index (χ0v) is 15.8. The highest BCUT2D eigenvalue weighted by Crippen LogP contribution is 2.24. The van der Waals surface area contributed by atoms with Crippen LogP contribution in [0.15, 0.2) is 30.3 Å². The molecule has 0 atom stereocenters. The Morgan fingerprint density at radius 1 is 1.17 bits per heavy atom. The summed E-state index contributed by atoms with van der Waals surface area (Å²) in [5.74, 6) is -6.36. The van der Waals surface area contributed by atoms with Gasteiger partial charge >= 0.3 is 0 Å². The highest BCUT2D eigenvalue weighted by molar-refractivity contribution is 6.34. The van der Waals surface area contributed by atoms with E-state index in [0.717, 1.165) is 23.1 Å². The molecule has 0 bridgehead atoms. The average Bonchev–Trinajstić information content (AvgIpc) is 2.67. The van der Waals surface area contributed by atoms with Crippen molar-refractivity contribution in [3.63, 3.8) is 0 Å². The van der Waals surface area contributed by atoms with Gasteiger partial charge in [0.15, 0.2) is 17.5 Å². The normalized spacial score (nSPS) is 10.5. The Balaban J connectivity index is 2.22. The first-order valence-corrected chi connectivity index (χ1v) is 8.70. The molecule has 0 aliphatic rings. The Labute approximate surface area is 168 Å². The number of non-ortho nitro benzene ring substituents is 1. The SMILES string of the molecule is CCCN(CC(=O)Nc1ccc(F)c(F)c1F)C(=O)c1cc([N+](=O)[O-])ccc1Cl. The number of amides is 2. The van der Waals surface area contributed by atoms with E-state index in [1.807, 2.05) is 0 Å². The van der Waals surface area contributed by atoms with Gasteiger partial charge in [-0.15, -0.1) is 0 Å². The molecule has 11 heteroatoms. The quantitative estimate of drug-likeness (QED) is 0.406. The predicted octanol–water partition coefficient (Wildman–Crippen LogP) is 4.16. The molecule has 0 spiro atoms. The van der Waals surface area contributed by atoms with E-state index in [0.29, 0.717) is 12.5 Å². The Hall–Kier alpha value is -3.14. The Bertz CT molecular complexity index is 972. The third kappa shape index (κ3) is 5.23. The van der Waals surface area contributed by atoms with Crippen LogP contribution in [0.5, 0.6) is 0 Å². The van der Waals surface area contributed by atoms with Crippen LogP contribution in [0.1, 0.15) is 23.7 Å². The molecule has 0 saturated heterocycles. The molecular weight excluding hydrogens is 415 g/mol. The van der Waals surface area contributed by atoms with Crippen molar-refractivity contribution in [1.82, 2.24) is 4.90 Å². The first-order valence-electron chi connectivity index (χ1n) is 8.32. The maximum atomic E-state index is 13.7. The predicted molar refractivity (Wildman–Crippen MR) is 99.2 cm³/mol. The second kappa shape index (κ2) is 9.37. The molecule has 0 fully saturated rings. The summed E-state index contributed by atoms with van der Waals surface area (Å²) in [7, 11) is 0. The number of nitrogens with zero attached hydrogens (tertiary/aromatic N) is 2. The number of hydrogen-bond donors (Lipinski definition) is 1. The zero-order valence-electron chi connectivity index (χ0n) is 15.0. The first-order chi connectivity index (χ1) is 13.6. The fraction of sp³-hybridized carbons (Fsp3) is 0.222. The third-order valence-electron chi connectivity index (χ3n) is 3.82. The fourth-order valence-corrected chi connectivity index (χ4v) is 2.67. The zero-order chi connectivity index (χ0) is 21.7. The maximum Gasteiger partial charge on any atom is 0.270 e. The van der Waals surface area contributed by atoms with Crippen LogP contribution >= 0.6 is 11.6 Å². The summed E-state index contributed by atoms with van der Waals surface area (Å²) in [6.45, 7) is 1.25. The minimum Gasteiger partial charge on any atom is -0.329 e. The van der Waals surface area contributed by atoms with Gasteiger partial charge in [0.1, 0.15) is 6.54 Å². The van der Waals surface area contributed by atoms with E-state index in [1.54, 1.807) is 6.92 Å². The van der Waals surface area contributed by atoms with Crippen LogP contribution < -0.4 is 5.32 Å². The van der Waals surface area contributed by atoms with Gasteiger partial charge in [-0.3, -0.25) is 19.7 Å². The molecule has 0 aliphatic heterocycles. The van der Waals surface area contributed by atoms with Crippen LogP contribution in [-0.4, -0.2) is 34.7 Å². The van der Waals surface area contributed by atoms with Gasteiger partial charge < -0.3 is 10.2 Å². The van der Waals surface area contributed by atoms with E-state index < -0.39 is 46.4 Å². The van der Waals surface area contributed by atoms with Gasteiger partial charge in [0.2, 0.25) is 5.91 Å². The summed E-state index contributed by atoms with van der Waals surface area (Å²) in [6, 6.07) is 4.79. The number of carbonyl (C=O) groups is 2. The van der Waals surface area contributed by atoms with Crippen LogP contribution in [0.25, 0.3) is 0 Å². The number of benzene rings is 2. The molecule has 2 aromatic rings. The van der Waals surface area contributed by atoms with Crippen LogP contribution in [-0.2, 0) is 4.79 Å². The molecule has 29 heavy (non-hydrogen) atoms. The van der Waals surface area contributed by atoms with Crippen molar-refractivity contribution >= 4 is 34.8 Å². The van der Waals surface area contributed by atoms with Gasteiger partial charge in [-0.1, -0.05) is 18.5 Å². The highest BCUT2D eigenvalue weighted by atomic mass is 35.5. The van der Waals surface area contributed by atoms with E-state index in [4.69, 9.17) is 11.6 Å². The molecule has 7 nitrogen and oxygen atoms in total. The molecule has 154 valence electrons. The van der Waals surface area contributed by atoms with Gasteiger partial charge in [-0.25, -0.2) is 13.2 Å². The van der Waals surface area contributed by atoms with Crippen molar-refractivity contribution in [1.29, 1.82) is 0 Å². The number of carbonyl (C=O) groups excluding carboxylic acids is 2. The fourth-order valence-electron chi connectivity index (χ4n) is 2.47. The van der Waals surface area contributed by atoms with Crippen LogP contribution in [0, 0.1) is 27.6 Å². The largest absolute Gasteiger partial charge is 0.329 e. The summed E-state index contributed by atoms with van der Waals surface area (Å²) < 4.78 is 40.0. The summed E-state index contributed by atoms with van der Waals surface area (Å²) in [5, 5.41) is 12.9. The van der Waals surface area contributed by atoms with Crippen LogP contribution in [0.2, 0.25) is 5.02 Å². The number of nitrogens with one attached hydrogen (secondary N) is 1. The average molecular weight is 430 g/mol. The minimum absolute atomic E-state index is 0.0474. The summed E-state index contributed by atoms with van der Waals surface area (Å²) in [6.07, 6.45) is 0.436. The number of rotatable bonds is 7. The van der Waals surface area contributed by atoms with Gasteiger partial charge in [0, 0.05) is 18.7 Å². The lowest BCUT2D eigenvalue weighted by molar-refractivity contribution is -0.384. The number of nitro groups is 1. The van der Waals surface area contributed by atoms with Crippen molar-refractivity contribution in [2.45, 2.75) is 13.3 Å². The van der Waals surface area contributed by atoms with Crippen LogP contribution in [0.3, 0.4) is 0 Å². The summed E-state index contributed by atoms with van der Waals surface area (Å²) in [5.41, 5.74) is -1.13. The van der Waals surface area contributed by atoms with Crippen molar-refractivity contribution in [3.8, 4) is 0 Å². The first kappa shape index (κ1) is 22.2. The number of hydrogen-bond acceptors (Lipinski definition) is 4. The van der Waals surface area contributed by atoms with Crippen molar-refractivity contribution in [3.05, 3.63) is 68.5 Å². The minimum atomic E-state index is -1.74. The van der Waals surface area contributed by atoms with Crippen molar-refractivity contribution in [2.75, 3.05) is 18.4 Å². The number of anilines is 1. The van der Waals surface area contributed by atoms with E-state index >= 15 is 0 Å². The number of halogens is 4. The van der Waals surface area contributed by atoms with Crippen LogP contribution in [0.4, 0.5) is 24.5 Å². The highest BCUT2D eigenvalue weighted by Gasteiger charge is 2.24. The second-order valence-electron chi connectivity index (χ2n) is 5.92. The Kier molecular flexibility index (Phi) is 7.16. The van der Waals surface area contributed by atoms with Gasteiger partial charge in [-0.05, 0) is 24.6 Å². The standard InChI is InChI=1S/C18H15ClF3N3O4/c1-2-7-24(18(27)11-8-10(25(28)29)3-4-12(11)19)9-15(26)23-14-6-5-13(20)16(21)17(14)22/h3-6,8H,2,7,9H2,1H3,(H,23,26). The lowest BCUT2D eigenvalue weighted by atomic mass is 10.1. The van der Waals surface area contributed by atoms with E-state index in [1.165, 1.54) is 6.07 Å². The molecule has 0 saturated carbocycles. The van der Waals surface area contributed by atoms with Gasteiger partial charge in [0.25, 0.3) is 11.6 Å². The molecule has 0 aliphatic carbocycles. The molecule has 2 aromatic carbocycles. The van der Waals surface area contributed by atoms with E-state index in [2.05, 4.69) is 5.32 Å². The topological polar surface area (TPSA) is 92.6 Å². The monoisotopic (exact) mass is 429 g/mol. The molecule has 0 unspecified atom stereocenters. The number of nitro benzene ring substituents is 1. The van der Waals surface area contributed by atoms with E-state index in [-0.39, 0.29) is 22.8 Å². The molecular formula is C18H15ClF3N3O4. The van der Waals surface area contributed by atoms with Gasteiger partial charge in [-0.2, -0.15) is 0 Å². The van der Waals surface area contributed by atoms with Crippen molar-refractivity contribution < 1.29 is 27.7 Å². The lowest BCUT2D eigenvalue weighted by Gasteiger charge is -2.22. The molecule has 0 aromatic heterocycles. The lowest BCUT2D eigenvalue weighted by Crippen LogP contribution is -2.38. The Morgan fingerprint density at radius 2 is 1.86 bits per heavy atom. The smallest absolute Gasteiger partial charge is 0.270 e. The second-order valence-corrected chi connectivity index (χ2v) is 6.33. The molecule has 1 N–H and O–H groups in total. The molecule has 2 rings (SSSR count). The Morgan fingerprint density at radius 3 is 2.48 bits per heavy atom.